The Hall–Kier alpha value is -1.68. The van der Waals surface area contributed by atoms with Crippen molar-refractivity contribution in [1.29, 1.82) is 0 Å². The Kier molecular flexibility index (Phi) is 3.77. The summed E-state index contributed by atoms with van der Waals surface area (Å²) in [5.41, 5.74) is 3.05. The van der Waals surface area contributed by atoms with Gasteiger partial charge >= 0.3 is 0 Å². The zero-order valence-corrected chi connectivity index (χ0v) is 11.5. The van der Waals surface area contributed by atoms with Gasteiger partial charge in [0.05, 0.1) is 5.92 Å². The molecule has 0 saturated heterocycles. The molecule has 1 amide bonds. The third-order valence-electron chi connectivity index (χ3n) is 2.79. The fourth-order valence-corrected chi connectivity index (χ4v) is 2.57. The minimum absolute atomic E-state index is 0.0223. The van der Waals surface area contributed by atoms with E-state index in [1.54, 1.807) is 11.3 Å². The van der Waals surface area contributed by atoms with Crippen molar-refractivity contribution in [2.24, 2.45) is 0 Å². The van der Waals surface area contributed by atoms with Gasteiger partial charge in [0.15, 0.2) is 0 Å². The summed E-state index contributed by atoms with van der Waals surface area (Å²) < 4.78 is 0. The first kappa shape index (κ1) is 12.8. The van der Waals surface area contributed by atoms with Crippen LogP contribution in [-0.4, -0.2) is 10.9 Å². The number of carbonyl (C=O) groups is 1. The van der Waals surface area contributed by atoms with E-state index in [1.807, 2.05) is 49.7 Å². The first-order chi connectivity index (χ1) is 8.56. The predicted molar refractivity (Wildman–Crippen MR) is 75.1 cm³/mol. The van der Waals surface area contributed by atoms with Gasteiger partial charge < -0.3 is 5.32 Å². The Labute approximate surface area is 111 Å². The molecule has 2 rings (SSSR count). The number of hydrogen-bond acceptors (Lipinski definition) is 3. The lowest BCUT2D eigenvalue weighted by Gasteiger charge is -2.11. The second-order valence-electron chi connectivity index (χ2n) is 4.44. The first-order valence-corrected chi connectivity index (χ1v) is 6.79. The summed E-state index contributed by atoms with van der Waals surface area (Å²) in [6.07, 6.45) is 0. The summed E-state index contributed by atoms with van der Waals surface area (Å²) in [6.45, 7) is 5.82. The van der Waals surface area contributed by atoms with E-state index in [9.17, 15) is 4.79 Å². The molecule has 0 saturated carbocycles. The van der Waals surface area contributed by atoms with Crippen molar-refractivity contribution in [2.45, 2.75) is 26.7 Å². The van der Waals surface area contributed by atoms with Crippen LogP contribution in [0.25, 0.3) is 0 Å². The molecule has 0 aromatic carbocycles. The van der Waals surface area contributed by atoms with E-state index in [0.717, 1.165) is 16.8 Å². The zero-order chi connectivity index (χ0) is 13.1. The zero-order valence-electron chi connectivity index (χ0n) is 10.7. The summed E-state index contributed by atoms with van der Waals surface area (Å²) in [7, 11) is 0. The second-order valence-corrected chi connectivity index (χ2v) is 5.22. The molecule has 1 N–H and O–H groups in total. The van der Waals surface area contributed by atoms with E-state index in [1.165, 1.54) is 0 Å². The number of carbonyl (C=O) groups excluding carboxylic acids is 1. The molecule has 0 bridgehead atoms. The maximum atomic E-state index is 12.1. The van der Waals surface area contributed by atoms with Crippen molar-refractivity contribution in [3.05, 3.63) is 45.8 Å². The number of amides is 1. The van der Waals surface area contributed by atoms with E-state index in [0.29, 0.717) is 5.82 Å². The smallest absolute Gasteiger partial charge is 0.232 e. The van der Waals surface area contributed by atoms with Gasteiger partial charge in [0.2, 0.25) is 5.91 Å². The van der Waals surface area contributed by atoms with E-state index in [-0.39, 0.29) is 11.8 Å². The molecular formula is C14H16N2OS. The fraction of sp³-hybridized carbons (Fsp3) is 0.286. The molecule has 4 heteroatoms. The molecule has 94 valence electrons. The highest BCUT2D eigenvalue weighted by molar-refractivity contribution is 7.08. The van der Waals surface area contributed by atoms with Crippen molar-refractivity contribution >= 4 is 23.1 Å². The minimum Gasteiger partial charge on any atom is -0.310 e. The molecule has 0 spiro atoms. The Morgan fingerprint density at radius 2 is 2.17 bits per heavy atom. The summed E-state index contributed by atoms with van der Waals surface area (Å²) in [5, 5.41) is 6.85. The number of aryl methyl sites for hydroxylation is 2. The minimum atomic E-state index is -0.154. The Bertz CT molecular complexity index is 529. The molecule has 1 atom stereocenters. The van der Waals surface area contributed by atoms with Crippen LogP contribution in [0.1, 0.15) is 29.7 Å². The SMILES string of the molecule is Cc1cc(C)nc(NC(=O)C(C)c2ccsc2)c1. The molecule has 18 heavy (non-hydrogen) atoms. The molecule has 2 aromatic rings. The van der Waals surface area contributed by atoms with Gasteiger partial charge in [-0.05, 0) is 60.9 Å². The number of nitrogens with one attached hydrogen (secondary N) is 1. The molecule has 0 aliphatic rings. The van der Waals surface area contributed by atoms with Gasteiger partial charge in [-0.1, -0.05) is 0 Å². The topological polar surface area (TPSA) is 42.0 Å². The van der Waals surface area contributed by atoms with Crippen LogP contribution in [0.3, 0.4) is 0 Å². The molecule has 3 nitrogen and oxygen atoms in total. The molecule has 0 fully saturated rings. The Morgan fingerprint density at radius 3 is 2.78 bits per heavy atom. The fourth-order valence-electron chi connectivity index (χ4n) is 1.81. The number of thiophene rings is 1. The maximum absolute atomic E-state index is 12.1. The number of aromatic nitrogens is 1. The average Bonchev–Trinajstić information content (AvgIpc) is 2.79. The van der Waals surface area contributed by atoms with E-state index < -0.39 is 0 Å². The third kappa shape index (κ3) is 2.96. The van der Waals surface area contributed by atoms with Crippen LogP contribution in [0.4, 0.5) is 5.82 Å². The second kappa shape index (κ2) is 5.31. The van der Waals surface area contributed by atoms with Crippen molar-refractivity contribution in [1.82, 2.24) is 4.98 Å². The van der Waals surface area contributed by atoms with Crippen molar-refractivity contribution in [2.75, 3.05) is 5.32 Å². The summed E-state index contributed by atoms with van der Waals surface area (Å²) in [6, 6.07) is 5.84. The average molecular weight is 260 g/mol. The van der Waals surface area contributed by atoms with E-state index >= 15 is 0 Å². The van der Waals surface area contributed by atoms with Gasteiger partial charge in [-0.15, -0.1) is 0 Å². The largest absolute Gasteiger partial charge is 0.310 e. The van der Waals surface area contributed by atoms with Crippen LogP contribution >= 0.6 is 11.3 Å². The van der Waals surface area contributed by atoms with Crippen LogP contribution in [0.2, 0.25) is 0 Å². The standard InChI is InChI=1S/C14H16N2OS/c1-9-6-10(2)15-13(7-9)16-14(17)11(3)12-4-5-18-8-12/h4-8,11H,1-3H3,(H,15,16,17). The highest BCUT2D eigenvalue weighted by Crippen LogP contribution is 2.20. The van der Waals surface area contributed by atoms with Crippen LogP contribution < -0.4 is 5.32 Å². The van der Waals surface area contributed by atoms with Gasteiger partial charge in [0, 0.05) is 5.69 Å². The first-order valence-electron chi connectivity index (χ1n) is 5.84. The summed E-state index contributed by atoms with van der Waals surface area (Å²) in [4.78, 5) is 16.4. The lowest BCUT2D eigenvalue weighted by molar-refractivity contribution is -0.117. The molecule has 2 heterocycles. The van der Waals surface area contributed by atoms with Crippen molar-refractivity contribution < 1.29 is 4.79 Å². The molecule has 0 aliphatic heterocycles. The van der Waals surface area contributed by atoms with Crippen LogP contribution in [0.15, 0.2) is 29.0 Å². The van der Waals surface area contributed by atoms with Crippen LogP contribution in [0, 0.1) is 13.8 Å². The van der Waals surface area contributed by atoms with Gasteiger partial charge in [0.25, 0.3) is 0 Å². The quantitative estimate of drug-likeness (QED) is 0.917. The highest BCUT2D eigenvalue weighted by atomic mass is 32.1. The van der Waals surface area contributed by atoms with E-state index in [2.05, 4.69) is 10.3 Å². The van der Waals surface area contributed by atoms with Crippen molar-refractivity contribution in [3.8, 4) is 0 Å². The highest BCUT2D eigenvalue weighted by Gasteiger charge is 2.16. The third-order valence-corrected chi connectivity index (χ3v) is 3.49. The normalized spacial score (nSPS) is 12.2. The Balaban J connectivity index is 2.11. The molecule has 2 aromatic heterocycles. The number of nitrogens with zero attached hydrogens (tertiary/aromatic N) is 1. The lowest BCUT2D eigenvalue weighted by atomic mass is 10.0. The van der Waals surface area contributed by atoms with Gasteiger partial charge in [-0.2, -0.15) is 11.3 Å². The van der Waals surface area contributed by atoms with Crippen LogP contribution in [-0.2, 0) is 4.79 Å². The summed E-state index contributed by atoms with van der Waals surface area (Å²) >= 11 is 1.60. The predicted octanol–water partition coefficient (Wildman–Crippen LogP) is 3.50. The van der Waals surface area contributed by atoms with Crippen molar-refractivity contribution in [3.63, 3.8) is 0 Å². The van der Waals surface area contributed by atoms with Gasteiger partial charge in [-0.25, -0.2) is 4.98 Å². The summed E-state index contributed by atoms with van der Waals surface area (Å²) in [5.74, 6) is 0.448. The Morgan fingerprint density at radius 1 is 1.39 bits per heavy atom. The number of anilines is 1. The van der Waals surface area contributed by atoms with E-state index in [4.69, 9.17) is 0 Å². The lowest BCUT2D eigenvalue weighted by Crippen LogP contribution is -2.19. The van der Waals surface area contributed by atoms with Crippen LogP contribution in [0.5, 0.6) is 0 Å². The molecule has 1 unspecified atom stereocenters. The number of rotatable bonds is 3. The molecular weight excluding hydrogens is 244 g/mol. The number of pyridine rings is 1. The number of hydrogen-bond donors (Lipinski definition) is 1. The van der Waals surface area contributed by atoms with Gasteiger partial charge in [-0.3, -0.25) is 4.79 Å². The van der Waals surface area contributed by atoms with Gasteiger partial charge in [0.1, 0.15) is 5.82 Å². The maximum Gasteiger partial charge on any atom is 0.232 e. The monoisotopic (exact) mass is 260 g/mol. The molecule has 0 aliphatic carbocycles. The molecule has 0 radical (unpaired) electrons.